The first kappa shape index (κ1) is 25.0. The van der Waals surface area contributed by atoms with Gasteiger partial charge < -0.3 is 20.3 Å². The monoisotopic (exact) mass is 506 g/mol. The average molecular weight is 507 g/mol. The van der Waals surface area contributed by atoms with Gasteiger partial charge in [-0.05, 0) is 67.8 Å². The molecular weight excluding hydrogens is 475 g/mol. The highest BCUT2D eigenvalue weighted by Crippen LogP contribution is 2.40. The summed E-state index contributed by atoms with van der Waals surface area (Å²) in [5, 5.41) is 14.2. The fraction of sp³-hybridized carbons (Fsp3) is 0.407. The molecule has 0 spiro atoms. The van der Waals surface area contributed by atoms with Gasteiger partial charge in [-0.1, -0.05) is 17.3 Å². The number of ether oxygens (including phenoxy) is 1. The van der Waals surface area contributed by atoms with Gasteiger partial charge in [-0.15, -0.1) is 5.10 Å². The summed E-state index contributed by atoms with van der Waals surface area (Å²) < 4.78 is 20.2. The molecule has 1 saturated carbocycles. The van der Waals surface area contributed by atoms with Crippen LogP contribution in [0.15, 0.2) is 60.9 Å². The molecule has 3 atom stereocenters. The molecule has 2 fully saturated rings. The number of nitrogens with zero attached hydrogens (tertiary/aromatic N) is 4. The van der Waals surface area contributed by atoms with Crippen molar-refractivity contribution in [1.29, 1.82) is 0 Å². The van der Waals surface area contributed by atoms with Gasteiger partial charge in [-0.25, -0.2) is 9.07 Å². The van der Waals surface area contributed by atoms with Gasteiger partial charge in [-0.3, -0.25) is 9.59 Å². The fourth-order valence-electron chi connectivity index (χ4n) is 4.71. The van der Waals surface area contributed by atoms with E-state index in [9.17, 15) is 14.0 Å². The highest BCUT2D eigenvalue weighted by molar-refractivity contribution is 5.97. The van der Waals surface area contributed by atoms with Crippen LogP contribution >= 0.6 is 0 Å². The number of carbonyl (C=O) groups is 2. The molecule has 0 unspecified atom stereocenters. The third-order valence-corrected chi connectivity index (χ3v) is 6.91. The second-order valence-corrected chi connectivity index (χ2v) is 9.45. The molecule has 2 aliphatic rings. The van der Waals surface area contributed by atoms with Crippen molar-refractivity contribution in [2.45, 2.75) is 37.3 Å². The van der Waals surface area contributed by atoms with Crippen molar-refractivity contribution in [2.24, 2.45) is 0 Å². The van der Waals surface area contributed by atoms with Gasteiger partial charge in [0.1, 0.15) is 11.9 Å². The molecule has 37 heavy (non-hydrogen) atoms. The van der Waals surface area contributed by atoms with E-state index in [1.165, 1.54) is 12.1 Å². The largest absolute Gasteiger partial charge is 0.378 e. The third kappa shape index (κ3) is 6.39. The van der Waals surface area contributed by atoms with Crippen molar-refractivity contribution in [3.8, 4) is 5.69 Å². The second kappa shape index (κ2) is 11.6. The summed E-state index contributed by atoms with van der Waals surface area (Å²) in [5.74, 6) is -0.195. The van der Waals surface area contributed by atoms with E-state index in [-0.39, 0.29) is 17.6 Å². The summed E-state index contributed by atoms with van der Waals surface area (Å²) in [4.78, 5) is 28.1. The molecule has 10 heteroatoms. The van der Waals surface area contributed by atoms with Gasteiger partial charge in [0.15, 0.2) is 0 Å². The van der Waals surface area contributed by atoms with E-state index in [0.29, 0.717) is 50.2 Å². The van der Waals surface area contributed by atoms with E-state index >= 15 is 0 Å². The molecule has 0 bridgehead atoms. The molecule has 194 valence electrons. The van der Waals surface area contributed by atoms with Gasteiger partial charge in [0.05, 0.1) is 31.3 Å². The Kier molecular flexibility index (Phi) is 7.86. The highest BCUT2D eigenvalue weighted by Gasteiger charge is 2.37. The van der Waals surface area contributed by atoms with Gasteiger partial charge in [-0.2, -0.15) is 0 Å². The molecule has 5 rings (SSSR count). The SMILES string of the molecule is O=C(N[C@@H](CCCN[C@@H]1C[C@H]1c1ccc(F)cc1)C(=O)N1CCOCC1)c1ccc(-n2ccnn2)cc1. The lowest BCUT2D eigenvalue weighted by Crippen LogP contribution is -2.52. The zero-order valence-corrected chi connectivity index (χ0v) is 20.6. The first-order valence-electron chi connectivity index (χ1n) is 12.7. The predicted octanol–water partition coefficient (Wildman–Crippen LogP) is 2.29. The van der Waals surface area contributed by atoms with E-state index in [2.05, 4.69) is 20.9 Å². The zero-order valence-electron chi connectivity index (χ0n) is 20.6. The molecule has 2 aromatic carbocycles. The number of hydrogen-bond donors (Lipinski definition) is 2. The van der Waals surface area contributed by atoms with Crippen LogP contribution < -0.4 is 10.6 Å². The summed E-state index contributed by atoms with van der Waals surface area (Å²) in [5.41, 5.74) is 2.41. The number of nitrogens with one attached hydrogen (secondary N) is 2. The van der Waals surface area contributed by atoms with Gasteiger partial charge in [0.2, 0.25) is 5.91 Å². The molecule has 2 amide bonds. The standard InChI is InChI=1S/C27H31FN6O3/c28-21-7-3-19(4-8-21)23-18-25(23)29-11-1-2-24(27(36)33-14-16-37-17-15-33)31-26(35)20-5-9-22(10-6-20)34-13-12-30-32-34/h3-10,12-13,23-25,29H,1-2,11,14-18H2,(H,31,35)/t23-,24-,25+/m0/s1. The number of hydrogen-bond acceptors (Lipinski definition) is 6. The molecule has 2 N–H and O–H groups in total. The van der Waals surface area contributed by atoms with Gasteiger partial charge in [0.25, 0.3) is 5.91 Å². The topological polar surface area (TPSA) is 101 Å². The van der Waals surface area contributed by atoms with Crippen LogP contribution in [0.1, 0.15) is 41.1 Å². The fourth-order valence-corrected chi connectivity index (χ4v) is 4.71. The molecule has 2 heterocycles. The molecule has 1 aliphatic carbocycles. The number of halogens is 1. The summed E-state index contributed by atoms with van der Waals surface area (Å²) >= 11 is 0. The average Bonchev–Trinajstić information content (AvgIpc) is 3.49. The van der Waals surface area contributed by atoms with Crippen molar-refractivity contribution < 1.29 is 18.7 Å². The summed E-state index contributed by atoms with van der Waals surface area (Å²) in [6.07, 6.45) is 5.59. The zero-order chi connectivity index (χ0) is 25.6. The Bertz CT molecular complexity index is 1180. The Morgan fingerprint density at radius 2 is 1.84 bits per heavy atom. The Morgan fingerprint density at radius 3 is 2.54 bits per heavy atom. The summed E-state index contributed by atoms with van der Waals surface area (Å²) in [6, 6.07) is 13.4. The maximum absolute atomic E-state index is 13.3. The number of aromatic nitrogens is 3. The number of rotatable bonds is 10. The summed E-state index contributed by atoms with van der Waals surface area (Å²) in [6.45, 7) is 2.79. The first-order chi connectivity index (χ1) is 18.1. The van der Waals surface area contributed by atoms with Crippen LogP contribution in [0, 0.1) is 5.82 Å². The van der Waals surface area contributed by atoms with Crippen molar-refractivity contribution in [3.63, 3.8) is 0 Å². The van der Waals surface area contributed by atoms with Crippen LogP contribution in [0.4, 0.5) is 4.39 Å². The van der Waals surface area contributed by atoms with Crippen molar-refractivity contribution >= 4 is 11.8 Å². The Morgan fingerprint density at radius 1 is 1.08 bits per heavy atom. The lowest BCUT2D eigenvalue weighted by molar-refractivity contribution is -0.137. The number of morpholine rings is 1. The molecule has 3 aromatic rings. The van der Waals surface area contributed by atoms with Crippen LogP contribution in [0.2, 0.25) is 0 Å². The number of carbonyl (C=O) groups excluding carboxylic acids is 2. The summed E-state index contributed by atoms with van der Waals surface area (Å²) in [7, 11) is 0. The first-order valence-corrected chi connectivity index (χ1v) is 12.7. The molecule has 1 aliphatic heterocycles. The smallest absolute Gasteiger partial charge is 0.251 e. The van der Waals surface area contributed by atoms with E-state index in [1.807, 2.05) is 12.1 Å². The molecule has 0 radical (unpaired) electrons. The number of benzene rings is 2. The Labute approximate surface area is 215 Å². The van der Waals surface area contributed by atoms with E-state index in [0.717, 1.165) is 30.6 Å². The third-order valence-electron chi connectivity index (χ3n) is 6.91. The van der Waals surface area contributed by atoms with Crippen LogP contribution in [0.25, 0.3) is 5.69 Å². The van der Waals surface area contributed by atoms with Gasteiger partial charge in [0, 0.05) is 30.6 Å². The Balaban J connectivity index is 1.16. The van der Waals surface area contributed by atoms with Crippen LogP contribution in [0.3, 0.4) is 0 Å². The van der Waals surface area contributed by atoms with Crippen LogP contribution in [-0.2, 0) is 9.53 Å². The molecular formula is C27H31FN6O3. The molecule has 1 aromatic heterocycles. The molecule has 9 nitrogen and oxygen atoms in total. The minimum atomic E-state index is -0.616. The normalized spacial score (nSPS) is 19.9. The van der Waals surface area contributed by atoms with Crippen molar-refractivity contribution in [3.05, 3.63) is 77.9 Å². The van der Waals surface area contributed by atoms with Gasteiger partial charge >= 0.3 is 0 Å². The van der Waals surface area contributed by atoms with E-state index in [1.54, 1.807) is 46.2 Å². The lowest BCUT2D eigenvalue weighted by atomic mass is 10.1. The highest BCUT2D eigenvalue weighted by atomic mass is 19.1. The molecule has 1 saturated heterocycles. The second-order valence-electron chi connectivity index (χ2n) is 9.45. The van der Waals surface area contributed by atoms with Crippen molar-refractivity contribution in [2.75, 3.05) is 32.8 Å². The van der Waals surface area contributed by atoms with E-state index in [4.69, 9.17) is 4.74 Å². The van der Waals surface area contributed by atoms with E-state index < -0.39 is 6.04 Å². The number of amides is 2. The minimum Gasteiger partial charge on any atom is -0.378 e. The predicted molar refractivity (Wildman–Crippen MR) is 135 cm³/mol. The lowest BCUT2D eigenvalue weighted by Gasteiger charge is -2.31. The Hall–Kier alpha value is -3.63. The maximum Gasteiger partial charge on any atom is 0.251 e. The van der Waals surface area contributed by atoms with Crippen molar-refractivity contribution in [1.82, 2.24) is 30.5 Å². The van der Waals surface area contributed by atoms with Crippen LogP contribution in [-0.4, -0.2) is 76.6 Å². The minimum absolute atomic E-state index is 0.0773. The maximum atomic E-state index is 13.3. The van der Waals surface area contributed by atoms with Crippen LogP contribution in [0.5, 0.6) is 0 Å². The quantitative estimate of drug-likeness (QED) is 0.409.